The number of nitrogens with one attached hydrogen (secondary N) is 1. The summed E-state index contributed by atoms with van der Waals surface area (Å²) in [6, 6.07) is 4.77. The van der Waals surface area contributed by atoms with Crippen molar-refractivity contribution in [3.05, 3.63) is 40.6 Å². The molecular formula is C12H12BrFN2O. The Morgan fingerprint density at radius 3 is 2.88 bits per heavy atom. The van der Waals surface area contributed by atoms with Crippen LogP contribution in [0.5, 0.6) is 0 Å². The smallest absolute Gasteiger partial charge is 0.211 e. The molecule has 0 bridgehead atoms. The van der Waals surface area contributed by atoms with Crippen molar-refractivity contribution in [1.82, 2.24) is 10.3 Å². The second kappa shape index (κ2) is 4.98. The first kappa shape index (κ1) is 12.3. The topological polar surface area (TPSA) is 38.1 Å². The largest absolute Gasteiger partial charge is 0.439 e. The van der Waals surface area contributed by atoms with Crippen LogP contribution >= 0.6 is 15.9 Å². The zero-order valence-corrected chi connectivity index (χ0v) is 11.1. The Morgan fingerprint density at radius 2 is 2.24 bits per heavy atom. The second-order valence-corrected chi connectivity index (χ2v) is 4.56. The molecule has 0 saturated carbocycles. The van der Waals surface area contributed by atoms with Crippen LogP contribution in [0.3, 0.4) is 0 Å². The minimum absolute atomic E-state index is 0.0487. The van der Waals surface area contributed by atoms with Crippen molar-refractivity contribution in [3.8, 4) is 11.3 Å². The van der Waals surface area contributed by atoms with Crippen LogP contribution in [0.2, 0.25) is 0 Å². The molecule has 1 unspecified atom stereocenters. The van der Waals surface area contributed by atoms with Gasteiger partial charge in [0.15, 0.2) is 5.76 Å². The summed E-state index contributed by atoms with van der Waals surface area (Å²) in [6.45, 7) is 1.95. The molecule has 90 valence electrons. The summed E-state index contributed by atoms with van der Waals surface area (Å²) in [7, 11) is 1.84. The normalized spacial score (nSPS) is 12.7. The van der Waals surface area contributed by atoms with Crippen LogP contribution in [0.15, 0.2) is 33.3 Å². The molecule has 2 aromatic rings. The molecule has 0 amide bonds. The Balaban J connectivity index is 2.33. The molecule has 0 aliphatic rings. The van der Waals surface area contributed by atoms with E-state index in [1.807, 2.05) is 14.0 Å². The lowest BCUT2D eigenvalue weighted by atomic mass is 10.2. The molecule has 0 fully saturated rings. The highest BCUT2D eigenvalue weighted by molar-refractivity contribution is 9.10. The van der Waals surface area contributed by atoms with Crippen molar-refractivity contribution in [2.24, 2.45) is 0 Å². The van der Waals surface area contributed by atoms with Crippen LogP contribution in [0.25, 0.3) is 11.3 Å². The standard InChI is InChI=1S/C12H12BrFN2O/c1-7(15-2)12-16-6-11(17-12)8-3-4-10(14)9(13)5-8/h3-7,15H,1-2H3. The van der Waals surface area contributed by atoms with Gasteiger partial charge in [-0.3, -0.25) is 0 Å². The minimum Gasteiger partial charge on any atom is -0.439 e. The van der Waals surface area contributed by atoms with Crippen LogP contribution in [0.1, 0.15) is 18.9 Å². The van der Waals surface area contributed by atoms with Crippen LogP contribution in [-0.4, -0.2) is 12.0 Å². The van der Waals surface area contributed by atoms with Gasteiger partial charge in [0.25, 0.3) is 0 Å². The number of rotatable bonds is 3. The van der Waals surface area contributed by atoms with Gasteiger partial charge in [-0.05, 0) is 48.1 Å². The Labute approximate surface area is 107 Å². The van der Waals surface area contributed by atoms with Crippen molar-refractivity contribution in [3.63, 3.8) is 0 Å². The molecule has 0 spiro atoms. The van der Waals surface area contributed by atoms with E-state index in [0.29, 0.717) is 16.1 Å². The predicted molar refractivity (Wildman–Crippen MR) is 67.1 cm³/mol. The first-order valence-electron chi connectivity index (χ1n) is 5.20. The first-order valence-corrected chi connectivity index (χ1v) is 5.99. The summed E-state index contributed by atoms with van der Waals surface area (Å²) in [5.74, 6) is 0.947. The van der Waals surface area contributed by atoms with E-state index in [1.165, 1.54) is 6.07 Å². The SMILES string of the molecule is CNC(C)c1ncc(-c2ccc(F)c(Br)c2)o1. The van der Waals surface area contributed by atoms with Gasteiger partial charge in [0.1, 0.15) is 5.82 Å². The first-order chi connectivity index (χ1) is 8.11. The Hall–Kier alpha value is -1.20. The predicted octanol–water partition coefficient (Wildman–Crippen LogP) is 3.52. The number of nitrogens with zero attached hydrogens (tertiary/aromatic N) is 1. The van der Waals surface area contributed by atoms with Gasteiger partial charge in [0, 0.05) is 5.56 Å². The maximum Gasteiger partial charge on any atom is 0.211 e. The third-order valence-corrected chi connectivity index (χ3v) is 3.14. The third kappa shape index (κ3) is 2.56. The third-order valence-electron chi connectivity index (χ3n) is 2.53. The monoisotopic (exact) mass is 298 g/mol. The van der Waals surface area contributed by atoms with E-state index in [0.717, 1.165) is 5.56 Å². The fraction of sp³-hybridized carbons (Fsp3) is 0.250. The fourth-order valence-electron chi connectivity index (χ4n) is 1.39. The fourth-order valence-corrected chi connectivity index (χ4v) is 1.77. The average Bonchev–Trinajstić information content (AvgIpc) is 2.81. The number of aromatic nitrogens is 1. The molecule has 3 nitrogen and oxygen atoms in total. The molecule has 0 aliphatic carbocycles. The zero-order valence-electron chi connectivity index (χ0n) is 9.50. The molecule has 1 aromatic heterocycles. The molecule has 1 N–H and O–H groups in total. The molecule has 2 rings (SSSR count). The molecule has 1 heterocycles. The van der Waals surface area contributed by atoms with Crippen LogP contribution in [0.4, 0.5) is 4.39 Å². The highest BCUT2D eigenvalue weighted by atomic mass is 79.9. The Morgan fingerprint density at radius 1 is 1.47 bits per heavy atom. The molecular weight excluding hydrogens is 287 g/mol. The molecule has 1 atom stereocenters. The van der Waals surface area contributed by atoms with Gasteiger partial charge in [-0.2, -0.15) is 0 Å². The number of oxazole rings is 1. The lowest BCUT2D eigenvalue weighted by molar-refractivity contribution is 0.441. The van der Waals surface area contributed by atoms with Crippen LogP contribution in [0, 0.1) is 5.82 Å². The van der Waals surface area contributed by atoms with Gasteiger partial charge in [-0.25, -0.2) is 9.37 Å². The second-order valence-electron chi connectivity index (χ2n) is 3.70. The van der Waals surface area contributed by atoms with Crippen molar-refractivity contribution in [2.45, 2.75) is 13.0 Å². The quantitative estimate of drug-likeness (QED) is 0.942. The van der Waals surface area contributed by atoms with Gasteiger partial charge < -0.3 is 9.73 Å². The van der Waals surface area contributed by atoms with E-state index in [-0.39, 0.29) is 11.9 Å². The summed E-state index contributed by atoms with van der Waals surface area (Å²) in [5.41, 5.74) is 0.792. The minimum atomic E-state index is -0.294. The summed E-state index contributed by atoms with van der Waals surface area (Å²) >= 11 is 3.14. The van der Waals surface area contributed by atoms with Gasteiger partial charge >= 0.3 is 0 Å². The Bertz CT molecular complexity index is 527. The van der Waals surface area contributed by atoms with E-state index < -0.39 is 0 Å². The van der Waals surface area contributed by atoms with Gasteiger partial charge in [-0.1, -0.05) is 0 Å². The molecule has 0 saturated heterocycles. The number of halogens is 2. The molecule has 17 heavy (non-hydrogen) atoms. The number of hydrogen-bond acceptors (Lipinski definition) is 3. The summed E-state index contributed by atoms with van der Waals surface area (Å²) in [5, 5.41) is 3.04. The average molecular weight is 299 g/mol. The van der Waals surface area contributed by atoms with Gasteiger partial charge in [0.2, 0.25) is 5.89 Å². The van der Waals surface area contributed by atoms with E-state index in [2.05, 4.69) is 26.2 Å². The van der Waals surface area contributed by atoms with E-state index in [4.69, 9.17) is 4.42 Å². The van der Waals surface area contributed by atoms with Crippen molar-refractivity contribution in [2.75, 3.05) is 7.05 Å². The summed E-state index contributed by atoms with van der Waals surface area (Å²) in [6.07, 6.45) is 1.64. The Kier molecular flexibility index (Phi) is 3.59. The molecule has 0 radical (unpaired) electrons. The van der Waals surface area contributed by atoms with E-state index >= 15 is 0 Å². The van der Waals surface area contributed by atoms with Crippen LogP contribution < -0.4 is 5.32 Å². The summed E-state index contributed by atoms with van der Waals surface area (Å²) < 4.78 is 19.1. The van der Waals surface area contributed by atoms with Crippen molar-refractivity contribution >= 4 is 15.9 Å². The number of benzene rings is 1. The van der Waals surface area contributed by atoms with Crippen molar-refractivity contribution < 1.29 is 8.81 Å². The highest BCUT2D eigenvalue weighted by Gasteiger charge is 2.12. The molecule has 0 aliphatic heterocycles. The molecule has 1 aromatic carbocycles. The lowest BCUT2D eigenvalue weighted by Crippen LogP contribution is -2.12. The molecule has 5 heteroatoms. The van der Waals surface area contributed by atoms with E-state index in [1.54, 1.807) is 18.3 Å². The van der Waals surface area contributed by atoms with Crippen LogP contribution in [-0.2, 0) is 0 Å². The van der Waals surface area contributed by atoms with Gasteiger partial charge in [0.05, 0.1) is 16.7 Å². The lowest BCUT2D eigenvalue weighted by Gasteiger charge is -2.04. The maximum absolute atomic E-state index is 13.1. The van der Waals surface area contributed by atoms with E-state index in [9.17, 15) is 4.39 Å². The highest BCUT2D eigenvalue weighted by Crippen LogP contribution is 2.26. The zero-order chi connectivity index (χ0) is 12.4. The summed E-state index contributed by atoms with van der Waals surface area (Å²) in [4.78, 5) is 4.18. The van der Waals surface area contributed by atoms with Gasteiger partial charge in [-0.15, -0.1) is 0 Å². The number of hydrogen-bond donors (Lipinski definition) is 1. The maximum atomic E-state index is 13.1. The van der Waals surface area contributed by atoms with Crippen molar-refractivity contribution in [1.29, 1.82) is 0 Å².